The van der Waals surface area contributed by atoms with Gasteiger partial charge in [0.2, 0.25) is 0 Å². The predicted molar refractivity (Wildman–Crippen MR) is 90.6 cm³/mol. The summed E-state index contributed by atoms with van der Waals surface area (Å²) < 4.78 is 5.59. The van der Waals surface area contributed by atoms with Crippen LogP contribution in [0.4, 0.5) is 5.69 Å². The Kier molecular flexibility index (Phi) is 3.08. The summed E-state index contributed by atoms with van der Waals surface area (Å²) in [6.45, 7) is 1.91. The Morgan fingerprint density at radius 2 is 1.87 bits per heavy atom. The van der Waals surface area contributed by atoms with Crippen LogP contribution in [-0.2, 0) is 0 Å². The Morgan fingerprint density at radius 1 is 1.04 bits per heavy atom. The van der Waals surface area contributed by atoms with Gasteiger partial charge < -0.3 is 9.73 Å². The molecule has 4 heteroatoms. The fourth-order valence-corrected chi connectivity index (χ4v) is 2.66. The van der Waals surface area contributed by atoms with E-state index in [4.69, 9.17) is 4.42 Å². The van der Waals surface area contributed by atoms with Gasteiger partial charge in [-0.15, -0.1) is 0 Å². The van der Waals surface area contributed by atoms with Gasteiger partial charge in [-0.05, 0) is 30.5 Å². The van der Waals surface area contributed by atoms with Gasteiger partial charge in [0.25, 0.3) is 5.91 Å². The van der Waals surface area contributed by atoms with E-state index in [1.54, 1.807) is 6.07 Å². The highest BCUT2D eigenvalue weighted by Crippen LogP contribution is 2.24. The maximum absolute atomic E-state index is 12.5. The number of aromatic nitrogens is 1. The van der Waals surface area contributed by atoms with Crippen molar-refractivity contribution in [2.75, 3.05) is 5.32 Å². The zero-order valence-electron chi connectivity index (χ0n) is 12.5. The van der Waals surface area contributed by atoms with Crippen LogP contribution in [0, 0.1) is 6.92 Å². The molecule has 0 unspecified atom stereocenters. The molecule has 1 N–H and O–H groups in total. The molecule has 0 aliphatic heterocycles. The molecular formula is C19H14N2O2. The Bertz CT molecular complexity index is 1030. The van der Waals surface area contributed by atoms with Crippen LogP contribution in [0.5, 0.6) is 0 Å². The van der Waals surface area contributed by atoms with Gasteiger partial charge in [0.15, 0.2) is 11.3 Å². The second kappa shape index (κ2) is 5.25. The minimum absolute atomic E-state index is 0.256. The number of carbonyl (C=O) groups excluding carboxylic acids is 1. The Balaban J connectivity index is 1.70. The molecule has 0 spiro atoms. The minimum Gasteiger partial charge on any atom is -0.449 e. The van der Waals surface area contributed by atoms with Gasteiger partial charge in [0.05, 0.1) is 0 Å². The number of hydrogen-bond acceptors (Lipinski definition) is 3. The smallest absolute Gasteiger partial charge is 0.291 e. The molecule has 2 aromatic heterocycles. The number of benzene rings is 2. The number of nitrogens with zero attached hydrogens (tertiary/aromatic N) is 1. The van der Waals surface area contributed by atoms with E-state index in [1.807, 2.05) is 61.5 Å². The van der Waals surface area contributed by atoms with Gasteiger partial charge >= 0.3 is 0 Å². The topological polar surface area (TPSA) is 55.1 Å². The molecule has 2 heterocycles. The predicted octanol–water partition coefficient (Wildman–Crippen LogP) is 4.54. The lowest BCUT2D eigenvalue weighted by atomic mass is 10.1. The monoisotopic (exact) mass is 302 g/mol. The number of anilines is 1. The Labute approximate surface area is 132 Å². The van der Waals surface area contributed by atoms with Crippen molar-refractivity contribution in [2.45, 2.75) is 6.92 Å². The molecule has 4 aromatic rings. The summed E-state index contributed by atoms with van der Waals surface area (Å²) in [6.07, 6.45) is 0. The number of carbonyl (C=O) groups is 1. The zero-order chi connectivity index (χ0) is 15.8. The van der Waals surface area contributed by atoms with Crippen LogP contribution >= 0.6 is 0 Å². The van der Waals surface area contributed by atoms with Gasteiger partial charge in [-0.2, -0.15) is 0 Å². The molecule has 4 rings (SSSR count). The second-order valence-corrected chi connectivity index (χ2v) is 5.43. The lowest BCUT2D eigenvalue weighted by Crippen LogP contribution is -2.11. The summed E-state index contributed by atoms with van der Waals surface area (Å²) in [4.78, 5) is 16.8. The fraction of sp³-hybridized carbons (Fsp3) is 0.0526. The molecule has 4 nitrogen and oxygen atoms in total. The number of rotatable bonds is 2. The van der Waals surface area contributed by atoms with Crippen LogP contribution in [0.25, 0.3) is 21.9 Å². The largest absolute Gasteiger partial charge is 0.449 e. The summed E-state index contributed by atoms with van der Waals surface area (Å²) in [5, 5.41) is 4.99. The van der Waals surface area contributed by atoms with Crippen molar-refractivity contribution in [1.82, 2.24) is 4.98 Å². The third kappa shape index (κ3) is 2.44. The first-order chi connectivity index (χ1) is 11.2. The molecule has 0 fully saturated rings. The number of hydrogen-bond donors (Lipinski definition) is 1. The highest BCUT2D eigenvalue weighted by Gasteiger charge is 2.14. The highest BCUT2D eigenvalue weighted by atomic mass is 16.3. The Morgan fingerprint density at radius 3 is 2.78 bits per heavy atom. The van der Waals surface area contributed by atoms with Crippen LogP contribution in [0.1, 0.15) is 16.2 Å². The van der Waals surface area contributed by atoms with Crippen molar-refractivity contribution in [2.24, 2.45) is 0 Å². The second-order valence-electron chi connectivity index (χ2n) is 5.43. The molecule has 1 amide bonds. The van der Waals surface area contributed by atoms with Gasteiger partial charge in [-0.1, -0.05) is 36.4 Å². The van der Waals surface area contributed by atoms with E-state index in [0.717, 1.165) is 22.2 Å². The maximum Gasteiger partial charge on any atom is 0.291 e. The minimum atomic E-state index is -0.281. The number of fused-ring (bicyclic) bond motifs is 2. The van der Waals surface area contributed by atoms with Crippen LogP contribution in [0.15, 0.2) is 65.1 Å². The third-order valence-corrected chi connectivity index (χ3v) is 3.77. The zero-order valence-corrected chi connectivity index (χ0v) is 12.5. The first-order valence-electron chi connectivity index (χ1n) is 7.37. The van der Waals surface area contributed by atoms with Gasteiger partial charge in [-0.3, -0.25) is 4.79 Å². The molecular weight excluding hydrogens is 288 g/mol. The molecule has 0 bridgehead atoms. The molecule has 23 heavy (non-hydrogen) atoms. The molecule has 0 aliphatic carbocycles. The standard InChI is InChI=1S/C19H14N2O2/c1-12-9-10-17-16(20-12)11-18(23-17)19(22)21-15-8-4-6-13-5-2-3-7-14(13)15/h2-11H,1H3,(H,21,22). The molecule has 112 valence electrons. The van der Waals surface area contributed by atoms with Crippen molar-refractivity contribution in [3.05, 3.63) is 72.1 Å². The molecule has 2 aromatic carbocycles. The van der Waals surface area contributed by atoms with E-state index >= 15 is 0 Å². The van der Waals surface area contributed by atoms with Crippen molar-refractivity contribution in [1.29, 1.82) is 0 Å². The summed E-state index contributed by atoms with van der Waals surface area (Å²) in [6, 6.07) is 19.1. The van der Waals surface area contributed by atoms with E-state index in [0.29, 0.717) is 11.1 Å². The van der Waals surface area contributed by atoms with Gasteiger partial charge in [0, 0.05) is 22.8 Å². The first-order valence-corrected chi connectivity index (χ1v) is 7.37. The van der Waals surface area contributed by atoms with E-state index in [1.165, 1.54) is 0 Å². The number of nitrogens with one attached hydrogen (secondary N) is 1. The van der Waals surface area contributed by atoms with Crippen molar-refractivity contribution in [3.63, 3.8) is 0 Å². The molecule has 0 aliphatic rings. The number of aryl methyl sites for hydroxylation is 1. The summed E-state index contributed by atoms with van der Waals surface area (Å²) in [5.74, 6) is -0.0250. The van der Waals surface area contributed by atoms with E-state index in [9.17, 15) is 4.79 Å². The number of pyridine rings is 1. The number of amides is 1. The number of furan rings is 1. The van der Waals surface area contributed by atoms with E-state index in [-0.39, 0.29) is 11.7 Å². The quantitative estimate of drug-likeness (QED) is 0.591. The first kappa shape index (κ1) is 13.5. The Hall–Kier alpha value is -3.14. The fourth-order valence-electron chi connectivity index (χ4n) is 2.66. The van der Waals surface area contributed by atoms with Crippen LogP contribution < -0.4 is 5.32 Å². The normalized spacial score (nSPS) is 11.0. The summed E-state index contributed by atoms with van der Waals surface area (Å²) in [7, 11) is 0. The van der Waals surface area contributed by atoms with Crippen molar-refractivity contribution in [3.8, 4) is 0 Å². The SMILES string of the molecule is Cc1ccc2oc(C(=O)Nc3cccc4ccccc34)cc2n1. The van der Waals surface area contributed by atoms with Crippen molar-refractivity contribution >= 4 is 33.5 Å². The third-order valence-electron chi connectivity index (χ3n) is 3.77. The van der Waals surface area contributed by atoms with Crippen LogP contribution in [-0.4, -0.2) is 10.9 Å². The van der Waals surface area contributed by atoms with Gasteiger partial charge in [0.1, 0.15) is 5.52 Å². The molecule has 0 atom stereocenters. The lowest BCUT2D eigenvalue weighted by Gasteiger charge is -2.07. The van der Waals surface area contributed by atoms with Gasteiger partial charge in [-0.25, -0.2) is 4.98 Å². The van der Waals surface area contributed by atoms with E-state index in [2.05, 4.69) is 10.3 Å². The van der Waals surface area contributed by atoms with Crippen LogP contribution in [0.3, 0.4) is 0 Å². The van der Waals surface area contributed by atoms with E-state index < -0.39 is 0 Å². The highest BCUT2D eigenvalue weighted by molar-refractivity contribution is 6.08. The molecule has 0 saturated heterocycles. The lowest BCUT2D eigenvalue weighted by molar-refractivity contribution is 0.0999. The molecule has 0 radical (unpaired) electrons. The summed E-state index contributed by atoms with van der Waals surface area (Å²) >= 11 is 0. The average Bonchev–Trinajstić information content (AvgIpc) is 2.98. The maximum atomic E-state index is 12.5. The molecule has 0 saturated carbocycles. The van der Waals surface area contributed by atoms with Crippen LogP contribution in [0.2, 0.25) is 0 Å². The van der Waals surface area contributed by atoms with Crippen molar-refractivity contribution < 1.29 is 9.21 Å². The average molecular weight is 302 g/mol. The summed E-state index contributed by atoms with van der Waals surface area (Å²) in [5.41, 5.74) is 2.95.